The predicted octanol–water partition coefficient (Wildman–Crippen LogP) is 2.84. The van der Waals surface area contributed by atoms with Crippen molar-refractivity contribution < 1.29 is 0 Å². The third-order valence-electron chi connectivity index (χ3n) is 2.12. The van der Waals surface area contributed by atoms with Gasteiger partial charge in [-0.25, -0.2) is 4.98 Å². The fourth-order valence-electron chi connectivity index (χ4n) is 1.00. The molecule has 1 aromatic rings. The van der Waals surface area contributed by atoms with Gasteiger partial charge in [0.2, 0.25) is 0 Å². The van der Waals surface area contributed by atoms with Crippen molar-refractivity contribution in [3.05, 3.63) is 28.0 Å². The Labute approximate surface area is 88.3 Å². The van der Waals surface area contributed by atoms with Crippen LogP contribution in [0.25, 0.3) is 0 Å². The van der Waals surface area contributed by atoms with Crippen molar-refractivity contribution in [2.75, 3.05) is 7.05 Å². The summed E-state index contributed by atoms with van der Waals surface area (Å²) >= 11 is 11.7. The molecule has 1 heterocycles. The second-order valence-electron chi connectivity index (χ2n) is 3.36. The maximum absolute atomic E-state index is 6.03. The van der Waals surface area contributed by atoms with Crippen molar-refractivity contribution in [1.82, 2.24) is 10.3 Å². The third-order valence-corrected chi connectivity index (χ3v) is 2.64. The molecule has 0 radical (unpaired) electrons. The molecule has 0 aliphatic heterocycles. The highest BCUT2D eigenvalue weighted by atomic mass is 35.5. The molecule has 0 amide bonds. The van der Waals surface area contributed by atoms with Crippen LogP contribution in [0.15, 0.2) is 12.3 Å². The number of nitrogens with zero attached hydrogens (tertiary/aromatic N) is 1. The average molecular weight is 219 g/mol. The molecule has 0 saturated heterocycles. The standard InChI is InChI=1S/C9H12Cl2N2/c1-9(2,12-3)6-5-13-8(11)4-7(6)10/h4-5,12H,1-3H3. The molecule has 0 aliphatic carbocycles. The summed E-state index contributed by atoms with van der Waals surface area (Å²) in [7, 11) is 1.88. The smallest absolute Gasteiger partial charge is 0.130 e. The lowest BCUT2D eigenvalue weighted by Gasteiger charge is -2.25. The fraction of sp³-hybridized carbons (Fsp3) is 0.444. The minimum atomic E-state index is -0.186. The van der Waals surface area contributed by atoms with Crippen LogP contribution in [0, 0.1) is 0 Å². The van der Waals surface area contributed by atoms with Crippen molar-refractivity contribution in [2.45, 2.75) is 19.4 Å². The molecular weight excluding hydrogens is 207 g/mol. The molecule has 2 nitrogen and oxygen atoms in total. The first-order valence-electron chi connectivity index (χ1n) is 3.98. The first-order valence-corrected chi connectivity index (χ1v) is 4.73. The number of rotatable bonds is 2. The van der Waals surface area contributed by atoms with Gasteiger partial charge in [-0.1, -0.05) is 23.2 Å². The van der Waals surface area contributed by atoms with Crippen LogP contribution in [0.5, 0.6) is 0 Å². The Bertz CT molecular complexity index is 310. The highest BCUT2D eigenvalue weighted by molar-refractivity contribution is 6.34. The Balaban J connectivity index is 3.16. The SMILES string of the molecule is CNC(C)(C)c1cnc(Cl)cc1Cl. The third kappa shape index (κ3) is 2.33. The van der Waals surface area contributed by atoms with Gasteiger partial charge in [-0.15, -0.1) is 0 Å². The molecule has 0 bridgehead atoms. The number of hydrogen-bond donors (Lipinski definition) is 1. The summed E-state index contributed by atoms with van der Waals surface area (Å²) in [5, 5.41) is 4.21. The molecule has 0 spiro atoms. The van der Waals surface area contributed by atoms with E-state index in [4.69, 9.17) is 23.2 Å². The predicted molar refractivity (Wildman–Crippen MR) is 56.3 cm³/mol. The Kier molecular flexibility index (Phi) is 3.17. The van der Waals surface area contributed by atoms with E-state index in [9.17, 15) is 0 Å². The lowest BCUT2D eigenvalue weighted by atomic mass is 9.96. The van der Waals surface area contributed by atoms with Crippen LogP contribution < -0.4 is 5.32 Å². The monoisotopic (exact) mass is 218 g/mol. The molecular formula is C9H12Cl2N2. The van der Waals surface area contributed by atoms with Crippen LogP contribution in [0.3, 0.4) is 0 Å². The number of aromatic nitrogens is 1. The summed E-state index contributed by atoms with van der Waals surface area (Å²) in [5.41, 5.74) is 0.760. The molecule has 0 fully saturated rings. The molecule has 1 rings (SSSR count). The van der Waals surface area contributed by atoms with Crippen LogP contribution in [0.2, 0.25) is 10.2 Å². The largest absolute Gasteiger partial charge is 0.311 e. The molecule has 0 aromatic carbocycles. The lowest BCUT2D eigenvalue weighted by Crippen LogP contribution is -2.33. The topological polar surface area (TPSA) is 24.9 Å². The van der Waals surface area contributed by atoms with Gasteiger partial charge in [0.1, 0.15) is 5.15 Å². The van der Waals surface area contributed by atoms with Gasteiger partial charge in [0.15, 0.2) is 0 Å². The molecule has 1 aromatic heterocycles. The van der Waals surface area contributed by atoms with Gasteiger partial charge < -0.3 is 5.32 Å². The number of halogens is 2. The maximum Gasteiger partial charge on any atom is 0.130 e. The van der Waals surface area contributed by atoms with Crippen LogP contribution in [0.4, 0.5) is 0 Å². The first-order chi connectivity index (χ1) is 5.97. The van der Waals surface area contributed by atoms with Crippen LogP contribution >= 0.6 is 23.2 Å². The van der Waals surface area contributed by atoms with Crippen LogP contribution in [-0.4, -0.2) is 12.0 Å². The number of nitrogens with one attached hydrogen (secondary N) is 1. The van der Waals surface area contributed by atoms with Crippen molar-refractivity contribution in [3.63, 3.8) is 0 Å². The maximum atomic E-state index is 6.03. The van der Waals surface area contributed by atoms with Gasteiger partial charge in [0, 0.05) is 17.3 Å². The van der Waals surface area contributed by atoms with E-state index in [1.807, 2.05) is 20.9 Å². The second kappa shape index (κ2) is 3.82. The van der Waals surface area contributed by atoms with E-state index in [0.717, 1.165) is 5.56 Å². The summed E-state index contributed by atoms with van der Waals surface area (Å²) < 4.78 is 0. The van der Waals surface area contributed by atoms with Crippen molar-refractivity contribution in [2.24, 2.45) is 0 Å². The van der Waals surface area contributed by atoms with Gasteiger partial charge >= 0.3 is 0 Å². The second-order valence-corrected chi connectivity index (χ2v) is 4.16. The van der Waals surface area contributed by atoms with E-state index < -0.39 is 0 Å². The summed E-state index contributed by atoms with van der Waals surface area (Å²) in [5.74, 6) is 0. The minimum absolute atomic E-state index is 0.186. The van der Waals surface area contributed by atoms with E-state index in [1.54, 1.807) is 12.3 Å². The zero-order valence-electron chi connectivity index (χ0n) is 7.86. The van der Waals surface area contributed by atoms with E-state index in [0.29, 0.717) is 10.2 Å². The highest BCUT2D eigenvalue weighted by Gasteiger charge is 2.21. The summed E-state index contributed by atoms with van der Waals surface area (Å²) in [6.07, 6.45) is 1.70. The first kappa shape index (κ1) is 10.8. The van der Waals surface area contributed by atoms with Gasteiger partial charge in [-0.05, 0) is 27.0 Å². The van der Waals surface area contributed by atoms with E-state index in [2.05, 4.69) is 10.3 Å². The molecule has 13 heavy (non-hydrogen) atoms. The van der Waals surface area contributed by atoms with Gasteiger partial charge in [0.25, 0.3) is 0 Å². The van der Waals surface area contributed by atoms with E-state index in [-0.39, 0.29) is 5.54 Å². The Morgan fingerprint density at radius 1 is 1.38 bits per heavy atom. The lowest BCUT2D eigenvalue weighted by molar-refractivity contribution is 0.443. The van der Waals surface area contributed by atoms with Gasteiger partial charge in [0.05, 0.1) is 5.02 Å². The minimum Gasteiger partial charge on any atom is -0.311 e. The van der Waals surface area contributed by atoms with Gasteiger partial charge in [-0.2, -0.15) is 0 Å². The molecule has 0 saturated carbocycles. The average Bonchev–Trinajstić information content (AvgIpc) is 2.03. The molecule has 0 unspecified atom stereocenters. The van der Waals surface area contributed by atoms with Crippen molar-refractivity contribution >= 4 is 23.2 Å². The normalized spacial score (nSPS) is 11.8. The van der Waals surface area contributed by atoms with Gasteiger partial charge in [-0.3, -0.25) is 0 Å². The van der Waals surface area contributed by atoms with E-state index in [1.165, 1.54) is 0 Å². The molecule has 1 N–H and O–H groups in total. The summed E-state index contributed by atoms with van der Waals surface area (Å²) in [4.78, 5) is 4.00. The number of pyridine rings is 1. The highest BCUT2D eigenvalue weighted by Crippen LogP contribution is 2.27. The number of hydrogen-bond acceptors (Lipinski definition) is 2. The van der Waals surface area contributed by atoms with Crippen LogP contribution in [0.1, 0.15) is 19.4 Å². The molecule has 0 aliphatic rings. The summed E-state index contributed by atoms with van der Waals surface area (Å²) in [6.45, 7) is 4.06. The van der Waals surface area contributed by atoms with Crippen molar-refractivity contribution in [1.29, 1.82) is 0 Å². The van der Waals surface area contributed by atoms with Crippen molar-refractivity contribution in [3.8, 4) is 0 Å². The Hall–Kier alpha value is -0.310. The fourth-order valence-corrected chi connectivity index (χ4v) is 1.60. The quantitative estimate of drug-likeness (QED) is 0.773. The zero-order chi connectivity index (χ0) is 10.1. The zero-order valence-corrected chi connectivity index (χ0v) is 9.37. The Morgan fingerprint density at radius 2 is 2.00 bits per heavy atom. The van der Waals surface area contributed by atoms with Crippen LogP contribution in [-0.2, 0) is 5.54 Å². The van der Waals surface area contributed by atoms with E-state index >= 15 is 0 Å². The molecule has 4 heteroatoms. The summed E-state index contributed by atoms with van der Waals surface area (Å²) in [6, 6.07) is 1.65. The molecule has 0 atom stereocenters. The molecule has 72 valence electrons. The Morgan fingerprint density at radius 3 is 2.46 bits per heavy atom.